The van der Waals surface area contributed by atoms with E-state index in [9.17, 15) is 0 Å². The lowest BCUT2D eigenvalue weighted by Crippen LogP contribution is -2.41. The van der Waals surface area contributed by atoms with E-state index < -0.39 is 16.5 Å². The first kappa shape index (κ1) is 16.7. The molecule has 0 saturated heterocycles. The quantitative estimate of drug-likeness (QED) is 0.368. The minimum Gasteiger partial charge on any atom is -0.759 e. The van der Waals surface area contributed by atoms with Crippen LogP contribution in [0.2, 0.25) is 0 Å². The maximum Gasteiger partial charge on any atom is 0.116 e. The van der Waals surface area contributed by atoms with Crippen LogP contribution < -0.4 is 0 Å². The van der Waals surface area contributed by atoms with Gasteiger partial charge in [0.15, 0.2) is 0 Å². The molecule has 1 N–H and O–H groups in total. The van der Waals surface area contributed by atoms with E-state index in [1.165, 1.54) is 0 Å². The number of aliphatic hydroxyl groups excluding tert-OH is 1. The lowest BCUT2D eigenvalue weighted by molar-refractivity contribution is -0.873. The molecular weight excluding hydrogens is 224 g/mol. The van der Waals surface area contributed by atoms with Crippen molar-refractivity contribution in [2.45, 2.75) is 12.5 Å². The maximum absolute atomic E-state index is 9.15. The van der Waals surface area contributed by atoms with E-state index in [0.717, 1.165) is 0 Å². The third kappa shape index (κ3) is 31.9. The number of aliphatic hydroxyl groups is 1. The van der Waals surface area contributed by atoms with Crippen LogP contribution in [-0.2, 0) is 10.4 Å². The van der Waals surface area contributed by atoms with Gasteiger partial charge in [-0.15, -0.1) is 0 Å². The monoisotopic (exact) mass is 239 g/mol. The maximum atomic E-state index is 9.15. The fourth-order valence-corrected chi connectivity index (χ4v) is 0.802. The number of rotatable bonds is 3. The second-order valence-electron chi connectivity index (χ2n) is 3.90. The van der Waals surface area contributed by atoms with Gasteiger partial charge < -0.3 is 18.7 Å². The van der Waals surface area contributed by atoms with Gasteiger partial charge in [0.1, 0.15) is 12.6 Å². The number of likely N-dealkylation sites (N-methyl/N-ethyl adjacent to an activating group) is 1. The third-order valence-electron chi connectivity index (χ3n) is 1.09. The summed E-state index contributed by atoms with van der Waals surface area (Å²) in [5, 5.41) is 17.4. The molecule has 7 nitrogen and oxygen atoms in total. The Balaban J connectivity index is 0. The highest BCUT2D eigenvalue weighted by Gasteiger charge is 2.14. The number of nitriles is 1. The molecule has 1 atom stereocenters. The Bertz CT molecular complexity index is 292. The molecule has 0 radical (unpaired) electrons. The van der Waals surface area contributed by atoms with Crippen LogP contribution in [0.4, 0.5) is 0 Å². The molecule has 0 aromatic rings. The van der Waals surface area contributed by atoms with Crippen LogP contribution in [0.25, 0.3) is 0 Å². The predicted molar refractivity (Wildman–Crippen MR) is 49.6 cm³/mol. The molecule has 0 bridgehead atoms. The first-order valence-corrected chi connectivity index (χ1v) is 5.31. The van der Waals surface area contributed by atoms with E-state index in [4.69, 9.17) is 27.9 Å². The van der Waals surface area contributed by atoms with Gasteiger partial charge in [-0.3, -0.25) is 8.42 Å². The molecule has 0 spiro atoms. The molecule has 0 amide bonds. The molecule has 0 rings (SSSR count). The van der Waals surface area contributed by atoms with Crippen molar-refractivity contribution in [2.75, 3.05) is 27.7 Å². The summed E-state index contributed by atoms with van der Waals surface area (Å²) in [6.07, 6.45) is -0.250. The summed E-state index contributed by atoms with van der Waals surface area (Å²) >= 11 is 0. The van der Waals surface area contributed by atoms with Crippen molar-refractivity contribution in [1.82, 2.24) is 0 Å². The van der Waals surface area contributed by atoms with Crippen molar-refractivity contribution in [3.63, 3.8) is 0 Å². The van der Waals surface area contributed by atoms with E-state index in [2.05, 4.69) is 0 Å². The van der Waals surface area contributed by atoms with Crippen LogP contribution in [0.3, 0.4) is 0 Å². The fourth-order valence-electron chi connectivity index (χ4n) is 0.802. The lowest BCUT2D eigenvalue weighted by atomic mass is 10.2. The number of hydrogen-bond acceptors (Lipinski definition) is 6. The lowest BCUT2D eigenvalue weighted by Gasteiger charge is -2.25. The topological polar surface area (TPSA) is 124 Å². The van der Waals surface area contributed by atoms with Gasteiger partial charge in [-0.2, -0.15) is 5.26 Å². The number of quaternary nitrogens is 1. The number of nitrogens with zero attached hydrogens (tertiary/aromatic N) is 2. The molecule has 0 aliphatic heterocycles. The molecule has 15 heavy (non-hydrogen) atoms. The molecule has 1 unspecified atom stereocenters. The van der Waals surface area contributed by atoms with Gasteiger partial charge >= 0.3 is 0 Å². The summed E-state index contributed by atoms with van der Waals surface area (Å²) in [4.78, 5) is 0. The highest BCUT2D eigenvalue weighted by molar-refractivity contribution is 7.79. The molecule has 0 aromatic carbocycles. The van der Waals surface area contributed by atoms with Gasteiger partial charge in [0.25, 0.3) is 0 Å². The molecule has 90 valence electrons. The largest absolute Gasteiger partial charge is 0.759 e. The van der Waals surface area contributed by atoms with Crippen molar-refractivity contribution >= 4 is 10.4 Å². The number of hydrogen-bond donors (Lipinski definition) is 1. The van der Waals surface area contributed by atoms with Crippen molar-refractivity contribution in [3.05, 3.63) is 0 Å². The smallest absolute Gasteiger partial charge is 0.116 e. The molecule has 0 aliphatic carbocycles. The van der Waals surface area contributed by atoms with Crippen LogP contribution in [0.5, 0.6) is 0 Å². The van der Waals surface area contributed by atoms with Crippen LogP contribution in [0.15, 0.2) is 0 Å². The molecule has 0 aromatic heterocycles. The summed E-state index contributed by atoms with van der Waals surface area (Å²) in [5.74, 6) is 0. The first-order valence-electron chi connectivity index (χ1n) is 3.98. The second-order valence-corrected chi connectivity index (χ2v) is 4.71. The van der Waals surface area contributed by atoms with Gasteiger partial charge in [-0.05, 0) is 0 Å². The van der Waals surface area contributed by atoms with Crippen LogP contribution in [0, 0.1) is 11.3 Å². The van der Waals surface area contributed by atoms with Crippen molar-refractivity contribution in [1.29, 1.82) is 5.26 Å². The zero-order chi connectivity index (χ0) is 12.7. The molecule has 0 heterocycles. The minimum absolute atomic E-state index is 0.232. The van der Waals surface area contributed by atoms with E-state index in [1.54, 1.807) is 0 Å². The third-order valence-corrected chi connectivity index (χ3v) is 1.09. The van der Waals surface area contributed by atoms with E-state index >= 15 is 0 Å². The molecule has 0 saturated carbocycles. The standard InChI is InChI=1S/C7H15N2O.H2O4S/c1-9(2,3)6-7(10)4-5-8;1-5(2,3)4/h7,10H,4,6H2,1-3H3;(H2,1,2,3,4)/q+1;/p-2. The van der Waals surface area contributed by atoms with Crippen LogP contribution in [-0.4, -0.2) is 60.9 Å². The SMILES string of the molecule is C[N+](C)(C)CC(O)CC#N.O=S(=O)([O-])[O-]. The zero-order valence-electron chi connectivity index (χ0n) is 8.87. The summed E-state index contributed by atoms with van der Waals surface area (Å²) in [5.41, 5.74) is 0. The Hall–Kier alpha value is -0.720. The minimum atomic E-state index is -5.17. The first-order chi connectivity index (χ1) is 6.45. The van der Waals surface area contributed by atoms with Crippen LogP contribution >= 0.6 is 0 Å². The summed E-state index contributed by atoms with van der Waals surface area (Å²) < 4.78 is 34.8. The summed E-state index contributed by atoms with van der Waals surface area (Å²) in [6.45, 7) is 0.633. The molecule has 8 heteroatoms. The van der Waals surface area contributed by atoms with Crippen molar-refractivity contribution in [3.8, 4) is 6.07 Å². The normalized spacial score (nSPS) is 13.4. The average molecular weight is 239 g/mol. The Kier molecular flexibility index (Phi) is 7.47. The predicted octanol–water partition coefficient (Wildman–Crippen LogP) is -1.37. The van der Waals surface area contributed by atoms with Crippen molar-refractivity contribution in [2.24, 2.45) is 0 Å². The second kappa shape index (κ2) is 6.71. The average Bonchev–Trinajstić information content (AvgIpc) is 1.77. The Morgan fingerprint density at radius 1 is 1.40 bits per heavy atom. The van der Waals surface area contributed by atoms with Crippen LogP contribution in [0.1, 0.15) is 6.42 Å². The van der Waals surface area contributed by atoms with Gasteiger partial charge in [-0.25, -0.2) is 0 Å². The van der Waals surface area contributed by atoms with Crippen molar-refractivity contribution < 1.29 is 27.1 Å². The molecular formula is C7H15N2O5S-. The Morgan fingerprint density at radius 3 is 1.93 bits per heavy atom. The van der Waals surface area contributed by atoms with Gasteiger partial charge in [0.2, 0.25) is 0 Å². The highest BCUT2D eigenvalue weighted by atomic mass is 32.3. The summed E-state index contributed by atoms with van der Waals surface area (Å²) in [7, 11) is 0.793. The van der Waals surface area contributed by atoms with E-state index in [-0.39, 0.29) is 6.42 Å². The molecule has 0 aliphatic rings. The highest BCUT2D eigenvalue weighted by Crippen LogP contribution is 1.97. The Labute approximate surface area is 89.7 Å². The fraction of sp³-hybridized carbons (Fsp3) is 0.857. The van der Waals surface area contributed by atoms with Gasteiger partial charge in [-0.1, -0.05) is 0 Å². The summed E-state index contributed by atoms with van der Waals surface area (Å²) in [6, 6.07) is 1.93. The van der Waals surface area contributed by atoms with E-state index in [1.807, 2.05) is 27.2 Å². The van der Waals surface area contributed by atoms with Gasteiger partial charge in [0, 0.05) is 10.4 Å². The molecule has 0 fully saturated rings. The Morgan fingerprint density at radius 2 is 1.73 bits per heavy atom. The zero-order valence-corrected chi connectivity index (χ0v) is 9.69. The van der Waals surface area contributed by atoms with E-state index in [0.29, 0.717) is 11.0 Å². The van der Waals surface area contributed by atoms with Gasteiger partial charge in [0.05, 0.1) is 33.6 Å².